The zero-order valence-corrected chi connectivity index (χ0v) is 15.4. The second-order valence-electron chi connectivity index (χ2n) is 6.06. The fourth-order valence-corrected chi connectivity index (χ4v) is 3.63. The minimum atomic E-state index is -3.71. The van der Waals surface area contributed by atoms with E-state index in [1.165, 1.54) is 18.2 Å². The molecular formula is C18H18N4O4S. The van der Waals surface area contributed by atoms with Gasteiger partial charge in [0.05, 0.1) is 11.5 Å². The van der Waals surface area contributed by atoms with Gasteiger partial charge in [-0.2, -0.15) is 5.10 Å². The second kappa shape index (κ2) is 7.58. The predicted molar refractivity (Wildman–Crippen MR) is 101 cm³/mol. The first-order valence-electron chi connectivity index (χ1n) is 8.11. The summed E-state index contributed by atoms with van der Waals surface area (Å²) in [6.45, 7) is 0.936. The molecule has 1 heterocycles. The lowest BCUT2D eigenvalue weighted by molar-refractivity contribution is -0.386. The van der Waals surface area contributed by atoms with E-state index in [1.807, 2.05) is 36.5 Å². The molecule has 0 aliphatic heterocycles. The van der Waals surface area contributed by atoms with Gasteiger partial charge in [0.15, 0.2) is 9.84 Å². The summed E-state index contributed by atoms with van der Waals surface area (Å²) >= 11 is 0. The lowest BCUT2D eigenvalue weighted by Gasteiger charge is -2.10. The number of nitro benzene ring substituents is 1. The number of aromatic nitrogens is 2. The van der Waals surface area contributed by atoms with E-state index in [0.717, 1.165) is 17.4 Å². The van der Waals surface area contributed by atoms with Gasteiger partial charge in [0.2, 0.25) is 0 Å². The maximum absolute atomic E-state index is 11.8. The summed E-state index contributed by atoms with van der Waals surface area (Å²) < 4.78 is 25.5. The van der Waals surface area contributed by atoms with Crippen LogP contribution < -0.4 is 5.32 Å². The van der Waals surface area contributed by atoms with E-state index in [1.54, 1.807) is 10.9 Å². The van der Waals surface area contributed by atoms with Gasteiger partial charge < -0.3 is 5.32 Å². The average Bonchev–Trinajstić information content (AvgIpc) is 3.12. The molecule has 3 rings (SSSR count). The summed E-state index contributed by atoms with van der Waals surface area (Å²) in [6.07, 6.45) is 4.53. The fourth-order valence-electron chi connectivity index (χ4n) is 2.77. The summed E-state index contributed by atoms with van der Waals surface area (Å²) in [4.78, 5) is 10.4. The van der Waals surface area contributed by atoms with E-state index in [2.05, 4.69) is 10.4 Å². The van der Waals surface area contributed by atoms with Crippen LogP contribution in [0.15, 0.2) is 65.8 Å². The smallest absolute Gasteiger partial charge is 0.310 e. The monoisotopic (exact) mass is 386 g/mol. The van der Waals surface area contributed by atoms with Crippen LogP contribution in [-0.2, 0) is 22.9 Å². The molecule has 0 spiro atoms. The topological polar surface area (TPSA) is 107 Å². The molecule has 0 unspecified atom stereocenters. The van der Waals surface area contributed by atoms with Crippen molar-refractivity contribution in [3.63, 3.8) is 0 Å². The largest absolute Gasteiger partial charge is 0.375 e. The summed E-state index contributed by atoms with van der Waals surface area (Å²) in [6, 6.07) is 13.8. The Morgan fingerprint density at radius 1 is 1.15 bits per heavy atom. The SMILES string of the molecule is CS(=O)(=O)c1cccc(NCc2cccc(Cn3cccn3)c2)c1[N+](=O)[O-]. The van der Waals surface area contributed by atoms with E-state index in [9.17, 15) is 18.5 Å². The van der Waals surface area contributed by atoms with Crippen molar-refractivity contribution >= 4 is 21.2 Å². The van der Waals surface area contributed by atoms with Crippen molar-refractivity contribution in [2.45, 2.75) is 18.0 Å². The Bertz CT molecular complexity index is 1060. The fraction of sp³-hybridized carbons (Fsp3) is 0.167. The predicted octanol–water partition coefficient (Wildman–Crippen LogP) is 2.86. The van der Waals surface area contributed by atoms with E-state index in [4.69, 9.17) is 0 Å². The Balaban J connectivity index is 1.82. The van der Waals surface area contributed by atoms with Gasteiger partial charge >= 0.3 is 5.69 Å². The van der Waals surface area contributed by atoms with Gasteiger partial charge in [-0.05, 0) is 29.3 Å². The summed E-state index contributed by atoms with van der Waals surface area (Å²) in [7, 11) is -3.71. The number of nitrogens with zero attached hydrogens (tertiary/aromatic N) is 3. The highest BCUT2D eigenvalue weighted by atomic mass is 32.2. The highest BCUT2D eigenvalue weighted by molar-refractivity contribution is 7.90. The van der Waals surface area contributed by atoms with Crippen molar-refractivity contribution in [1.29, 1.82) is 0 Å². The van der Waals surface area contributed by atoms with Crippen molar-refractivity contribution in [3.05, 3.63) is 82.2 Å². The molecule has 0 atom stereocenters. The first kappa shape index (κ1) is 18.6. The summed E-state index contributed by atoms with van der Waals surface area (Å²) in [5.74, 6) is 0. The number of nitro groups is 1. The number of sulfone groups is 1. The lowest BCUT2D eigenvalue weighted by atomic mass is 10.1. The minimum Gasteiger partial charge on any atom is -0.375 e. The van der Waals surface area contributed by atoms with Crippen molar-refractivity contribution in [1.82, 2.24) is 9.78 Å². The number of anilines is 1. The molecular weight excluding hydrogens is 368 g/mol. The van der Waals surface area contributed by atoms with Crippen molar-refractivity contribution < 1.29 is 13.3 Å². The van der Waals surface area contributed by atoms with Crippen LogP contribution in [0.1, 0.15) is 11.1 Å². The van der Waals surface area contributed by atoms with Crippen LogP contribution in [-0.4, -0.2) is 29.4 Å². The van der Waals surface area contributed by atoms with Crippen LogP contribution in [0.2, 0.25) is 0 Å². The van der Waals surface area contributed by atoms with Gasteiger partial charge in [0.25, 0.3) is 0 Å². The molecule has 0 fully saturated rings. The molecule has 3 aromatic rings. The van der Waals surface area contributed by atoms with Crippen LogP contribution in [0.25, 0.3) is 0 Å². The van der Waals surface area contributed by atoms with Crippen LogP contribution in [0.4, 0.5) is 11.4 Å². The number of para-hydroxylation sites is 1. The minimum absolute atomic E-state index is 0.167. The molecule has 0 radical (unpaired) electrons. The molecule has 0 saturated carbocycles. The maximum Gasteiger partial charge on any atom is 0.310 e. The molecule has 2 aromatic carbocycles. The molecule has 0 bridgehead atoms. The third-order valence-electron chi connectivity index (χ3n) is 3.96. The maximum atomic E-state index is 11.8. The van der Waals surface area contributed by atoms with Gasteiger partial charge in [-0.15, -0.1) is 0 Å². The van der Waals surface area contributed by atoms with Crippen LogP contribution in [0.3, 0.4) is 0 Å². The van der Waals surface area contributed by atoms with Gasteiger partial charge in [0.1, 0.15) is 10.6 Å². The normalized spacial score (nSPS) is 11.3. The first-order valence-corrected chi connectivity index (χ1v) is 10.0. The molecule has 27 heavy (non-hydrogen) atoms. The first-order chi connectivity index (χ1) is 12.8. The van der Waals surface area contributed by atoms with Gasteiger partial charge in [0, 0.05) is 25.2 Å². The molecule has 8 nitrogen and oxygen atoms in total. The van der Waals surface area contributed by atoms with Crippen molar-refractivity contribution in [2.24, 2.45) is 0 Å². The molecule has 1 aromatic heterocycles. The van der Waals surface area contributed by atoms with Crippen molar-refractivity contribution in [2.75, 3.05) is 11.6 Å². The quantitative estimate of drug-likeness (QED) is 0.494. The Kier molecular flexibility index (Phi) is 5.22. The zero-order chi connectivity index (χ0) is 19.4. The molecule has 0 aliphatic rings. The second-order valence-corrected chi connectivity index (χ2v) is 8.04. The van der Waals surface area contributed by atoms with E-state index < -0.39 is 20.4 Å². The van der Waals surface area contributed by atoms with Gasteiger partial charge in [-0.1, -0.05) is 30.3 Å². The van der Waals surface area contributed by atoms with E-state index in [0.29, 0.717) is 13.1 Å². The lowest BCUT2D eigenvalue weighted by Crippen LogP contribution is -2.08. The highest BCUT2D eigenvalue weighted by Gasteiger charge is 2.25. The molecule has 0 saturated heterocycles. The average molecular weight is 386 g/mol. The van der Waals surface area contributed by atoms with Crippen LogP contribution in [0.5, 0.6) is 0 Å². The van der Waals surface area contributed by atoms with Crippen LogP contribution >= 0.6 is 0 Å². The number of benzene rings is 2. The van der Waals surface area contributed by atoms with E-state index >= 15 is 0 Å². The summed E-state index contributed by atoms with van der Waals surface area (Å²) in [5.41, 5.74) is 1.68. The van der Waals surface area contributed by atoms with E-state index in [-0.39, 0.29) is 10.6 Å². The number of hydrogen-bond acceptors (Lipinski definition) is 6. The third kappa shape index (κ3) is 4.50. The Labute approximate surface area is 156 Å². The molecule has 1 N–H and O–H groups in total. The molecule has 9 heteroatoms. The number of rotatable bonds is 7. The molecule has 140 valence electrons. The molecule has 0 aliphatic carbocycles. The van der Waals surface area contributed by atoms with Crippen LogP contribution in [0, 0.1) is 10.1 Å². The van der Waals surface area contributed by atoms with Gasteiger partial charge in [-0.3, -0.25) is 14.8 Å². The number of nitrogens with one attached hydrogen (secondary N) is 1. The molecule has 0 amide bonds. The standard InChI is InChI=1S/C18H18N4O4S/c1-27(25,26)17-8-3-7-16(18(17)22(23)24)19-12-14-5-2-6-15(11-14)13-21-10-4-9-20-21/h2-11,19H,12-13H2,1H3. The highest BCUT2D eigenvalue weighted by Crippen LogP contribution is 2.32. The third-order valence-corrected chi connectivity index (χ3v) is 5.09. The zero-order valence-electron chi connectivity index (χ0n) is 14.6. The number of hydrogen-bond donors (Lipinski definition) is 1. The van der Waals surface area contributed by atoms with Gasteiger partial charge in [-0.25, -0.2) is 8.42 Å². The Morgan fingerprint density at radius 2 is 1.89 bits per heavy atom. The summed E-state index contributed by atoms with van der Waals surface area (Å²) in [5, 5.41) is 18.6. The van der Waals surface area contributed by atoms with Crippen molar-refractivity contribution in [3.8, 4) is 0 Å². The Hall–Kier alpha value is -3.20. The Morgan fingerprint density at radius 3 is 2.56 bits per heavy atom.